The number of rotatable bonds is 5. The van der Waals surface area contributed by atoms with Crippen molar-refractivity contribution in [2.45, 2.75) is 33.2 Å². The van der Waals surface area contributed by atoms with E-state index < -0.39 is 0 Å². The number of aromatic nitrogens is 4. The minimum absolute atomic E-state index is 0.133. The average molecular weight is 411 g/mol. The molecule has 4 rings (SSSR count). The van der Waals surface area contributed by atoms with Gasteiger partial charge in [0.1, 0.15) is 5.00 Å². The summed E-state index contributed by atoms with van der Waals surface area (Å²) in [4.78, 5) is 33.4. The lowest BCUT2D eigenvalue weighted by molar-refractivity contribution is 0.0942. The van der Waals surface area contributed by atoms with Crippen LogP contribution in [0.5, 0.6) is 0 Å². The van der Waals surface area contributed by atoms with Crippen LogP contribution in [0.2, 0.25) is 0 Å². The van der Waals surface area contributed by atoms with Crippen molar-refractivity contribution < 1.29 is 9.59 Å². The predicted octanol–water partition coefficient (Wildman–Crippen LogP) is 2.60. The molecule has 0 aromatic carbocycles. The Morgan fingerprint density at radius 2 is 2.14 bits per heavy atom. The Balaban J connectivity index is 1.41. The Hall–Kier alpha value is -3.07. The van der Waals surface area contributed by atoms with E-state index in [1.165, 1.54) is 11.3 Å². The van der Waals surface area contributed by atoms with Crippen LogP contribution in [-0.4, -0.2) is 38.1 Å². The van der Waals surface area contributed by atoms with E-state index in [2.05, 4.69) is 25.7 Å². The molecule has 0 bridgehead atoms. The number of aryl methyl sites for hydroxylation is 3. The van der Waals surface area contributed by atoms with Gasteiger partial charge in [-0.15, -0.1) is 11.3 Å². The molecule has 0 saturated heterocycles. The topological polar surface area (TPSA) is 102 Å². The summed E-state index contributed by atoms with van der Waals surface area (Å²) in [6, 6.07) is 3.48. The highest BCUT2D eigenvalue weighted by Gasteiger charge is 2.26. The molecule has 1 aliphatic heterocycles. The summed E-state index contributed by atoms with van der Waals surface area (Å²) in [6.07, 6.45) is 6.41. The Labute approximate surface area is 172 Å². The number of amides is 2. The number of carbonyl (C=O) groups is 2. The fourth-order valence-corrected chi connectivity index (χ4v) is 4.33. The molecule has 0 aliphatic carbocycles. The second-order valence-electron chi connectivity index (χ2n) is 7.14. The lowest BCUT2D eigenvalue weighted by Gasteiger charge is -2.24. The van der Waals surface area contributed by atoms with Crippen LogP contribution in [0, 0.1) is 19.8 Å². The van der Waals surface area contributed by atoms with Crippen molar-refractivity contribution in [1.29, 1.82) is 0 Å². The van der Waals surface area contributed by atoms with Gasteiger partial charge in [-0.05, 0) is 44.7 Å². The summed E-state index contributed by atoms with van der Waals surface area (Å²) >= 11 is 1.46. The van der Waals surface area contributed by atoms with Gasteiger partial charge in [0.2, 0.25) is 0 Å². The van der Waals surface area contributed by atoms with Gasteiger partial charge in [0.15, 0.2) is 0 Å². The molecule has 9 heteroatoms. The summed E-state index contributed by atoms with van der Waals surface area (Å²) < 4.78 is 1.89. The van der Waals surface area contributed by atoms with Gasteiger partial charge in [0, 0.05) is 25.5 Å². The third-order valence-corrected chi connectivity index (χ3v) is 6.02. The smallest absolute Gasteiger partial charge is 0.259 e. The fraction of sp³-hybridized carbons (Fsp3) is 0.350. The van der Waals surface area contributed by atoms with E-state index >= 15 is 0 Å². The normalized spacial score (nSPS) is 15.6. The molecular formula is C20H22N6O2S. The van der Waals surface area contributed by atoms with Gasteiger partial charge in [-0.25, -0.2) is 4.98 Å². The Morgan fingerprint density at radius 3 is 2.86 bits per heavy atom. The molecule has 3 aromatic rings. The lowest BCUT2D eigenvalue weighted by Crippen LogP contribution is -2.33. The summed E-state index contributed by atoms with van der Waals surface area (Å²) in [7, 11) is 0. The largest absolute Gasteiger partial charge is 0.352 e. The molecule has 1 aliphatic rings. The van der Waals surface area contributed by atoms with Gasteiger partial charge in [-0.3, -0.25) is 19.3 Å². The summed E-state index contributed by atoms with van der Waals surface area (Å²) in [5, 5.41) is 12.0. The first kappa shape index (κ1) is 19.3. The highest BCUT2D eigenvalue weighted by Crippen LogP contribution is 2.26. The first-order valence-electron chi connectivity index (χ1n) is 9.49. The molecular weight excluding hydrogens is 388 g/mol. The molecule has 2 N–H and O–H groups in total. The molecule has 0 radical (unpaired) electrons. The van der Waals surface area contributed by atoms with Crippen LogP contribution < -0.4 is 10.6 Å². The van der Waals surface area contributed by atoms with Crippen LogP contribution in [0.25, 0.3) is 0 Å². The molecule has 0 spiro atoms. The molecule has 8 nitrogen and oxygen atoms in total. The minimum atomic E-state index is -0.168. The molecule has 1 atom stereocenters. The van der Waals surface area contributed by atoms with Crippen LogP contribution >= 0.6 is 11.3 Å². The maximum absolute atomic E-state index is 12.8. The van der Waals surface area contributed by atoms with E-state index in [9.17, 15) is 9.59 Å². The summed E-state index contributed by atoms with van der Waals surface area (Å²) in [6.45, 7) is 5.08. The van der Waals surface area contributed by atoms with E-state index in [0.717, 1.165) is 34.4 Å². The van der Waals surface area contributed by atoms with Crippen LogP contribution in [0.4, 0.5) is 5.00 Å². The quantitative estimate of drug-likeness (QED) is 0.673. The van der Waals surface area contributed by atoms with Gasteiger partial charge in [0.25, 0.3) is 11.8 Å². The first-order valence-corrected chi connectivity index (χ1v) is 10.3. The van der Waals surface area contributed by atoms with Crippen molar-refractivity contribution in [2.24, 2.45) is 5.92 Å². The molecule has 0 fully saturated rings. The minimum Gasteiger partial charge on any atom is -0.352 e. The van der Waals surface area contributed by atoms with Gasteiger partial charge in [0.05, 0.1) is 33.7 Å². The van der Waals surface area contributed by atoms with E-state index in [4.69, 9.17) is 0 Å². The number of thiazole rings is 1. The van der Waals surface area contributed by atoms with Crippen LogP contribution in [-0.2, 0) is 13.0 Å². The third kappa shape index (κ3) is 4.19. The number of fused-ring (bicyclic) bond motifs is 1. The number of anilines is 1. The molecule has 150 valence electrons. The van der Waals surface area contributed by atoms with Crippen molar-refractivity contribution in [3.8, 4) is 0 Å². The molecule has 3 aromatic heterocycles. The number of nitrogens with zero attached hydrogens (tertiary/aromatic N) is 4. The van der Waals surface area contributed by atoms with Gasteiger partial charge >= 0.3 is 0 Å². The first-order chi connectivity index (χ1) is 14.0. The Kier molecular flexibility index (Phi) is 5.39. The van der Waals surface area contributed by atoms with Crippen molar-refractivity contribution in [3.63, 3.8) is 0 Å². The Bertz CT molecular complexity index is 1040. The molecule has 0 saturated carbocycles. The van der Waals surface area contributed by atoms with Crippen molar-refractivity contribution in [2.75, 3.05) is 11.9 Å². The van der Waals surface area contributed by atoms with Gasteiger partial charge in [-0.2, -0.15) is 5.10 Å². The zero-order valence-corrected chi connectivity index (χ0v) is 17.1. The van der Waals surface area contributed by atoms with Crippen molar-refractivity contribution in [1.82, 2.24) is 25.1 Å². The van der Waals surface area contributed by atoms with Crippen LogP contribution in [0.15, 0.2) is 30.7 Å². The third-order valence-electron chi connectivity index (χ3n) is 5.03. The molecule has 29 heavy (non-hydrogen) atoms. The Morgan fingerprint density at radius 1 is 1.28 bits per heavy atom. The highest BCUT2D eigenvalue weighted by atomic mass is 32.1. The fourth-order valence-electron chi connectivity index (χ4n) is 3.52. The summed E-state index contributed by atoms with van der Waals surface area (Å²) in [5.74, 6) is -0.0528. The van der Waals surface area contributed by atoms with Gasteiger partial charge < -0.3 is 10.6 Å². The summed E-state index contributed by atoms with van der Waals surface area (Å²) in [5.41, 5.74) is 2.86. The van der Waals surface area contributed by atoms with Crippen LogP contribution in [0.1, 0.15) is 43.5 Å². The average Bonchev–Trinajstić information content (AvgIpc) is 3.28. The predicted molar refractivity (Wildman–Crippen MR) is 110 cm³/mol. The standard InChI is InChI=1S/C20H22N6O2S/c1-12-20(29-13(2)24-12)25-19(28)16-11-23-26-7-5-14(8-17(16)26)9-22-18(27)15-4-3-6-21-10-15/h3-4,6,10-11,14H,5,7-9H2,1-2H3,(H,22,27)(H,25,28). The van der Waals surface area contributed by atoms with E-state index in [-0.39, 0.29) is 17.7 Å². The van der Waals surface area contributed by atoms with E-state index in [1.807, 2.05) is 18.5 Å². The number of carbonyl (C=O) groups excluding carboxylic acids is 2. The molecule has 2 amide bonds. The SMILES string of the molecule is Cc1nc(C)c(NC(=O)c2cnn3c2CC(CNC(=O)c2cccnc2)CC3)s1. The van der Waals surface area contributed by atoms with Crippen molar-refractivity contribution in [3.05, 3.63) is 58.2 Å². The van der Waals surface area contributed by atoms with Crippen LogP contribution in [0.3, 0.4) is 0 Å². The monoisotopic (exact) mass is 410 g/mol. The van der Waals surface area contributed by atoms with Gasteiger partial charge in [-0.1, -0.05) is 0 Å². The zero-order chi connectivity index (χ0) is 20.4. The number of hydrogen-bond acceptors (Lipinski definition) is 6. The lowest BCUT2D eigenvalue weighted by atomic mass is 9.94. The second kappa shape index (κ2) is 8.12. The van der Waals surface area contributed by atoms with Crippen molar-refractivity contribution >= 4 is 28.2 Å². The molecule has 1 unspecified atom stereocenters. The maximum atomic E-state index is 12.8. The highest BCUT2D eigenvalue weighted by molar-refractivity contribution is 7.16. The molecule has 4 heterocycles. The van der Waals surface area contributed by atoms with E-state index in [1.54, 1.807) is 30.7 Å². The zero-order valence-electron chi connectivity index (χ0n) is 16.3. The second-order valence-corrected chi connectivity index (χ2v) is 8.34. The number of hydrogen-bond donors (Lipinski definition) is 2. The number of pyridine rings is 1. The van der Waals surface area contributed by atoms with E-state index in [0.29, 0.717) is 24.1 Å². The maximum Gasteiger partial charge on any atom is 0.259 e. The number of nitrogens with one attached hydrogen (secondary N) is 2.